The summed E-state index contributed by atoms with van der Waals surface area (Å²) in [6, 6.07) is 3.79. The standard InChI is InChI=1S/C15H20ClNO2.ClH/c1-5-7-17-10-12-8-13(16)15(19-11(3)4)14(9-12)18-6-2;/h1,8-9,11,17H,6-7,10H2,2-4H3;1H. The number of hydrogen-bond acceptors (Lipinski definition) is 3. The molecule has 0 bridgehead atoms. The molecular formula is C15H21Cl2NO2. The second kappa shape index (κ2) is 9.77. The molecule has 0 heterocycles. The van der Waals surface area contributed by atoms with Crippen molar-refractivity contribution in [2.24, 2.45) is 0 Å². The highest BCUT2D eigenvalue weighted by molar-refractivity contribution is 6.32. The van der Waals surface area contributed by atoms with Gasteiger partial charge in [0.2, 0.25) is 0 Å². The van der Waals surface area contributed by atoms with Gasteiger partial charge in [0.05, 0.1) is 24.3 Å². The zero-order valence-corrected chi connectivity index (χ0v) is 13.6. The van der Waals surface area contributed by atoms with E-state index in [4.69, 9.17) is 27.5 Å². The second-order valence-corrected chi connectivity index (χ2v) is 4.72. The highest BCUT2D eigenvalue weighted by Crippen LogP contribution is 2.37. The summed E-state index contributed by atoms with van der Waals surface area (Å²) in [5.41, 5.74) is 1.01. The molecule has 1 rings (SSSR count). The maximum absolute atomic E-state index is 6.25. The normalized spacial score (nSPS) is 9.80. The average Bonchev–Trinajstić information content (AvgIpc) is 2.34. The van der Waals surface area contributed by atoms with Crippen molar-refractivity contribution >= 4 is 24.0 Å². The monoisotopic (exact) mass is 317 g/mol. The van der Waals surface area contributed by atoms with Crippen LogP contribution in [0, 0.1) is 12.3 Å². The molecule has 0 saturated carbocycles. The molecule has 0 aliphatic rings. The van der Waals surface area contributed by atoms with Crippen LogP contribution in [0.15, 0.2) is 12.1 Å². The van der Waals surface area contributed by atoms with Crippen LogP contribution in [-0.2, 0) is 6.54 Å². The second-order valence-electron chi connectivity index (χ2n) is 4.31. The Morgan fingerprint density at radius 2 is 2.10 bits per heavy atom. The molecule has 3 nitrogen and oxygen atoms in total. The number of halogens is 2. The van der Waals surface area contributed by atoms with Gasteiger partial charge in [0.25, 0.3) is 0 Å². The van der Waals surface area contributed by atoms with Crippen molar-refractivity contribution < 1.29 is 9.47 Å². The maximum Gasteiger partial charge on any atom is 0.180 e. The number of nitrogens with one attached hydrogen (secondary N) is 1. The Morgan fingerprint density at radius 3 is 2.65 bits per heavy atom. The van der Waals surface area contributed by atoms with Crippen molar-refractivity contribution in [3.8, 4) is 23.8 Å². The molecule has 5 heteroatoms. The van der Waals surface area contributed by atoms with Gasteiger partial charge in [0, 0.05) is 6.54 Å². The molecule has 0 aliphatic heterocycles. The third-order valence-electron chi connectivity index (χ3n) is 2.28. The summed E-state index contributed by atoms with van der Waals surface area (Å²) in [6.45, 7) is 7.56. The first-order chi connectivity index (χ1) is 9.08. The minimum atomic E-state index is 0. The highest BCUT2D eigenvalue weighted by atomic mass is 35.5. The molecule has 0 saturated heterocycles. The van der Waals surface area contributed by atoms with Gasteiger partial charge in [-0.1, -0.05) is 17.5 Å². The fraction of sp³-hybridized carbons (Fsp3) is 0.467. The van der Waals surface area contributed by atoms with Gasteiger partial charge in [0.1, 0.15) is 0 Å². The van der Waals surface area contributed by atoms with Crippen LogP contribution in [0.25, 0.3) is 0 Å². The molecule has 0 amide bonds. The lowest BCUT2D eigenvalue weighted by atomic mass is 10.2. The Labute approximate surface area is 132 Å². The highest BCUT2D eigenvalue weighted by Gasteiger charge is 2.13. The van der Waals surface area contributed by atoms with E-state index in [1.54, 1.807) is 0 Å². The Bertz CT molecular complexity index is 456. The van der Waals surface area contributed by atoms with Gasteiger partial charge < -0.3 is 14.8 Å². The largest absolute Gasteiger partial charge is 0.490 e. The summed E-state index contributed by atoms with van der Waals surface area (Å²) in [4.78, 5) is 0. The van der Waals surface area contributed by atoms with Crippen LogP contribution in [-0.4, -0.2) is 19.3 Å². The van der Waals surface area contributed by atoms with Gasteiger partial charge in [-0.2, -0.15) is 0 Å². The zero-order chi connectivity index (χ0) is 14.3. The Hall–Kier alpha value is -1.08. The molecule has 0 unspecified atom stereocenters. The van der Waals surface area contributed by atoms with E-state index >= 15 is 0 Å². The lowest BCUT2D eigenvalue weighted by Gasteiger charge is -2.17. The third kappa shape index (κ3) is 5.92. The molecule has 20 heavy (non-hydrogen) atoms. The smallest absolute Gasteiger partial charge is 0.180 e. The summed E-state index contributed by atoms with van der Waals surface area (Å²) in [5.74, 6) is 3.79. The molecule has 1 aromatic carbocycles. The third-order valence-corrected chi connectivity index (χ3v) is 2.56. The van der Waals surface area contributed by atoms with Crippen LogP contribution in [0.2, 0.25) is 5.02 Å². The number of terminal acetylenes is 1. The van der Waals surface area contributed by atoms with E-state index in [1.807, 2.05) is 32.9 Å². The maximum atomic E-state index is 6.25. The van der Waals surface area contributed by atoms with Crippen LogP contribution >= 0.6 is 24.0 Å². The van der Waals surface area contributed by atoms with Crippen LogP contribution < -0.4 is 14.8 Å². The fourth-order valence-corrected chi connectivity index (χ4v) is 1.89. The average molecular weight is 318 g/mol. The molecule has 0 atom stereocenters. The lowest BCUT2D eigenvalue weighted by molar-refractivity contribution is 0.224. The molecule has 0 spiro atoms. The molecule has 112 valence electrons. The Balaban J connectivity index is 0.00000361. The molecule has 1 aromatic rings. The molecule has 1 N–H and O–H groups in total. The van der Waals surface area contributed by atoms with Crippen LogP contribution in [0.5, 0.6) is 11.5 Å². The number of hydrogen-bond donors (Lipinski definition) is 1. The Kier molecular flexibility index (Phi) is 9.24. The number of benzene rings is 1. The van der Waals surface area contributed by atoms with Crippen molar-refractivity contribution in [2.75, 3.05) is 13.2 Å². The first-order valence-electron chi connectivity index (χ1n) is 6.34. The zero-order valence-electron chi connectivity index (χ0n) is 12.0. The topological polar surface area (TPSA) is 30.5 Å². The predicted molar refractivity (Wildman–Crippen MR) is 86.2 cm³/mol. The van der Waals surface area contributed by atoms with Gasteiger partial charge in [0.15, 0.2) is 11.5 Å². The van der Waals surface area contributed by atoms with Crippen LogP contribution in [0.1, 0.15) is 26.3 Å². The molecule has 0 fully saturated rings. The summed E-state index contributed by atoms with van der Waals surface area (Å²) in [6.07, 6.45) is 5.24. The van der Waals surface area contributed by atoms with Crippen molar-refractivity contribution in [1.82, 2.24) is 5.32 Å². The van der Waals surface area contributed by atoms with Crippen molar-refractivity contribution in [1.29, 1.82) is 0 Å². The van der Waals surface area contributed by atoms with Crippen molar-refractivity contribution in [3.05, 3.63) is 22.7 Å². The quantitative estimate of drug-likeness (QED) is 0.615. The summed E-state index contributed by atoms with van der Waals surface area (Å²) in [5, 5.41) is 3.67. The van der Waals surface area contributed by atoms with Gasteiger partial charge in [-0.15, -0.1) is 18.8 Å². The van der Waals surface area contributed by atoms with E-state index in [2.05, 4.69) is 11.2 Å². The SMILES string of the molecule is C#CCNCc1cc(Cl)c(OC(C)C)c(OCC)c1.Cl. The van der Waals surface area contributed by atoms with E-state index < -0.39 is 0 Å². The van der Waals surface area contributed by atoms with Gasteiger partial charge in [-0.3, -0.25) is 0 Å². The van der Waals surface area contributed by atoms with Crippen LogP contribution in [0.4, 0.5) is 0 Å². The van der Waals surface area contributed by atoms with Crippen molar-refractivity contribution in [2.45, 2.75) is 33.4 Å². The molecule has 0 aliphatic carbocycles. The summed E-state index contributed by atoms with van der Waals surface area (Å²) < 4.78 is 11.3. The predicted octanol–water partition coefficient (Wildman–Crippen LogP) is 3.67. The molecule has 0 radical (unpaired) electrons. The number of rotatable bonds is 7. The minimum absolute atomic E-state index is 0. The first-order valence-corrected chi connectivity index (χ1v) is 6.72. The lowest BCUT2D eigenvalue weighted by Crippen LogP contribution is -2.14. The summed E-state index contributed by atoms with van der Waals surface area (Å²) >= 11 is 6.25. The van der Waals surface area contributed by atoms with Gasteiger partial charge in [-0.25, -0.2) is 0 Å². The van der Waals surface area contributed by atoms with Gasteiger partial charge in [-0.05, 0) is 38.5 Å². The fourth-order valence-electron chi connectivity index (χ4n) is 1.62. The van der Waals surface area contributed by atoms with Gasteiger partial charge >= 0.3 is 0 Å². The Morgan fingerprint density at radius 1 is 1.40 bits per heavy atom. The minimum Gasteiger partial charge on any atom is -0.490 e. The molecule has 0 aromatic heterocycles. The van der Waals surface area contributed by atoms with E-state index in [9.17, 15) is 0 Å². The first kappa shape index (κ1) is 18.9. The van der Waals surface area contributed by atoms with Crippen LogP contribution in [0.3, 0.4) is 0 Å². The van der Waals surface area contributed by atoms with E-state index in [1.165, 1.54) is 0 Å². The number of ether oxygens (including phenoxy) is 2. The molecular weight excluding hydrogens is 297 g/mol. The van der Waals surface area contributed by atoms with Crippen molar-refractivity contribution in [3.63, 3.8) is 0 Å². The summed E-state index contributed by atoms with van der Waals surface area (Å²) in [7, 11) is 0. The van der Waals surface area contributed by atoms with E-state index in [-0.39, 0.29) is 18.5 Å². The van der Waals surface area contributed by atoms with E-state index in [0.717, 1.165) is 5.56 Å². The van der Waals surface area contributed by atoms with E-state index in [0.29, 0.717) is 36.2 Å².